The summed E-state index contributed by atoms with van der Waals surface area (Å²) in [5.41, 5.74) is 2.32. The molecule has 0 unspecified atom stereocenters. The number of carbonyl (C=O) groups is 3. The summed E-state index contributed by atoms with van der Waals surface area (Å²) in [4.78, 5) is 40.4. The molecule has 2 aromatic rings. The molecule has 4 rings (SSSR count). The second-order valence-electron chi connectivity index (χ2n) is 10.6. The fraction of sp³-hybridized carbons (Fsp3) is 0.542. The molecular weight excluding hydrogens is 410 g/mol. The van der Waals surface area contributed by atoms with Crippen LogP contribution in [0.15, 0.2) is 24.4 Å². The Bertz CT molecular complexity index is 1070. The van der Waals surface area contributed by atoms with Gasteiger partial charge in [-0.25, -0.2) is 0 Å². The first-order valence-electron chi connectivity index (χ1n) is 11.1. The summed E-state index contributed by atoms with van der Waals surface area (Å²) in [7, 11) is 0. The minimum absolute atomic E-state index is 0.101. The number of nitrogens with one attached hydrogen (secondary N) is 2. The smallest absolute Gasteiger partial charge is 0.325 e. The molecule has 1 aromatic carbocycles. The van der Waals surface area contributed by atoms with Crippen molar-refractivity contribution in [3.63, 3.8) is 0 Å². The summed E-state index contributed by atoms with van der Waals surface area (Å²) >= 11 is 0. The molecule has 1 saturated heterocycles. The lowest BCUT2D eigenvalue weighted by Crippen LogP contribution is -2.39. The zero-order valence-electron chi connectivity index (χ0n) is 18.8. The van der Waals surface area contributed by atoms with Gasteiger partial charge in [-0.15, -0.1) is 0 Å². The van der Waals surface area contributed by atoms with Crippen molar-refractivity contribution < 1.29 is 24.6 Å². The molecule has 172 valence electrons. The number of benzene rings is 1. The number of likely N-dealkylation sites (tertiary alicyclic amines) is 1. The standard InChI is InChI=1S/C24H31N3O5/c1-23(2)9-15-10-24(3,12-23)13-27(15)21(22(31)32)17-11-25-18-8-14(4-5-16(17)18)26-19(28)6-7-20(29)30/h4-5,8,11,15,21,25H,6-7,9-10,12-13H2,1-3H3,(H,26,28)(H,29,30)(H,31,32)/t15-,21-,24-/m0/s1. The van der Waals surface area contributed by atoms with Crippen molar-refractivity contribution in [2.24, 2.45) is 10.8 Å². The van der Waals surface area contributed by atoms with E-state index in [9.17, 15) is 19.5 Å². The van der Waals surface area contributed by atoms with Gasteiger partial charge >= 0.3 is 11.9 Å². The maximum absolute atomic E-state index is 12.5. The number of aromatic nitrogens is 1. The van der Waals surface area contributed by atoms with Gasteiger partial charge < -0.3 is 20.5 Å². The first-order chi connectivity index (χ1) is 15.0. The molecule has 4 N–H and O–H groups in total. The monoisotopic (exact) mass is 441 g/mol. The quantitative estimate of drug-likeness (QED) is 0.515. The maximum atomic E-state index is 12.5. The maximum Gasteiger partial charge on any atom is 0.325 e. The van der Waals surface area contributed by atoms with E-state index < -0.39 is 18.0 Å². The molecule has 0 spiro atoms. The highest BCUT2D eigenvalue weighted by molar-refractivity contribution is 5.96. The Balaban J connectivity index is 1.60. The average Bonchev–Trinajstić information content (AvgIpc) is 3.17. The molecule has 8 heteroatoms. The van der Waals surface area contributed by atoms with E-state index in [-0.39, 0.29) is 35.6 Å². The third kappa shape index (κ3) is 4.37. The molecule has 3 atom stereocenters. The van der Waals surface area contributed by atoms with Crippen molar-refractivity contribution in [3.8, 4) is 0 Å². The first kappa shape index (κ1) is 22.3. The highest BCUT2D eigenvalue weighted by Gasteiger charge is 2.52. The van der Waals surface area contributed by atoms with E-state index in [4.69, 9.17) is 5.11 Å². The highest BCUT2D eigenvalue weighted by Crippen LogP contribution is 2.54. The van der Waals surface area contributed by atoms with Crippen LogP contribution >= 0.6 is 0 Å². The van der Waals surface area contributed by atoms with Gasteiger partial charge in [0.05, 0.1) is 6.42 Å². The number of H-pyrrole nitrogens is 1. The highest BCUT2D eigenvalue weighted by atomic mass is 16.4. The van der Waals surface area contributed by atoms with Gasteiger partial charge in [-0.1, -0.05) is 26.8 Å². The van der Waals surface area contributed by atoms with Crippen LogP contribution in [0.3, 0.4) is 0 Å². The van der Waals surface area contributed by atoms with Crippen molar-refractivity contribution in [1.82, 2.24) is 9.88 Å². The second-order valence-corrected chi connectivity index (χ2v) is 10.6. The lowest BCUT2D eigenvalue weighted by molar-refractivity contribution is -0.144. The van der Waals surface area contributed by atoms with Gasteiger partial charge in [-0.2, -0.15) is 0 Å². The van der Waals surface area contributed by atoms with Crippen molar-refractivity contribution in [2.75, 3.05) is 11.9 Å². The molecule has 1 aliphatic carbocycles. The van der Waals surface area contributed by atoms with Gasteiger partial charge in [0.2, 0.25) is 5.91 Å². The molecule has 1 aliphatic heterocycles. The SMILES string of the molecule is CC1(C)C[C@H]2C[C@](C)(CN2[C@H](C(=O)O)c2c[nH]c3cc(NC(=O)CCC(=O)O)ccc23)C1. The van der Waals surface area contributed by atoms with Gasteiger partial charge in [-0.05, 0) is 42.2 Å². The third-order valence-electron chi connectivity index (χ3n) is 6.88. The Morgan fingerprint density at radius 1 is 1.19 bits per heavy atom. The van der Waals surface area contributed by atoms with E-state index >= 15 is 0 Å². The molecule has 8 nitrogen and oxygen atoms in total. The predicted octanol–water partition coefficient (Wildman–Crippen LogP) is 4.00. The summed E-state index contributed by atoms with van der Waals surface area (Å²) in [6, 6.07) is 4.80. The zero-order valence-corrected chi connectivity index (χ0v) is 18.8. The number of carbonyl (C=O) groups excluding carboxylic acids is 1. The fourth-order valence-electron chi connectivity index (χ4n) is 6.16. The molecule has 2 heterocycles. The van der Waals surface area contributed by atoms with E-state index in [0.29, 0.717) is 5.69 Å². The van der Waals surface area contributed by atoms with Crippen LogP contribution in [0.4, 0.5) is 5.69 Å². The van der Waals surface area contributed by atoms with E-state index in [0.717, 1.165) is 42.3 Å². The minimum atomic E-state index is -1.02. The number of aliphatic carboxylic acids is 2. The molecule has 1 aromatic heterocycles. The number of nitrogens with zero attached hydrogens (tertiary/aromatic N) is 1. The summed E-state index contributed by atoms with van der Waals surface area (Å²) in [5.74, 6) is -2.25. The van der Waals surface area contributed by atoms with E-state index in [1.54, 1.807) is 18.3 Å². The Labute approximate surface area is 187 Å². The lowest BCUT2D eigenvalue weighted by Gasteiger charge is -2.40. The molecule has 2 fully saturated rings. The van der Waals surface area contributed by atoms with Gasteiger partial charge in [-0.3, -0.25) is 19.3 Å². The van der Waals surface area contributed by atoms with Gasteiger partial charge in [0, 0.05) is 47.4 Å². The molecule has 2 aliphatic rings. The van der Waals surface area contributed by atoms with Crippen LogP contribution in [-0.4, -0.2) is 50.5 Å². The first-order valence-corrected chi connectivity index (χ1v) is 11.1. The van der Waals surface area contributed by atoms with Crippen LogP contribution in [0.25, 0.3) is 10.9 Å². The minimum Gasteiger partial charge on any atom is -0.481 e. The summed E-state index contributed by atoms with van der Waals surface area (Å²) in [6.45, 7) is 7.58. The van der Waals surface area contributed by atoms with Gasteiger partial charge in [0.15, 0.2) is 0 Å². The number of hydrogen-bond acceptors (Lipinski definition) is 4. The molecule has 2 bridgehead atoms. The van der Waals surface area contributed by atoms with Gasteiger partial charge in [0.25, 0.3) is 0 Å². The topological polar surface area (TPSA) is 123 Å². The van der Waals surface area contributed by atoms with Crippen LogP contribution in [0, 0.1) is 10.8 Å². The van der Waals surface area contributed by atoms with E-state index in [2.05, 4.69) is 36.0 Å². The van der Waals surface area contributed by atoms with E-state index in [1.165, 1.54) is 0 Å². The van der Waals surface area contributed by atoms with Crippen LogP contribution in [0.5, 0.6) is 0 Å². The molecule has 0 radical (unpaired) electrons. The third-order valence-corrected chi connectivity index (χ3v) is 6.88. The summed E-state index contributed by atoms with van der Waals surface area (Å²) in [5, 5.41) is 22.5. The number of aromatic amines is 1. The van der Waals surface area contributed by atoms with Crippen LogP contribution in [0.1, 0.15) is 64.5 Å². The number of carboxylic acid groups (broad SMARTS) is 2. The number of rotatable bonds is 7. The van der Waals surface area contributed by atoms with Crippen molar-refractivity contribution >= 4 is 34.4 Å². The Hall–Kier alpha value is -2.87. The Kier molecular flexibility index (Phi) is 5.53. The Morgan fingerprint density at radius 2 is 1.94 bits per heavy atom. The van der Waals surface area contributed by atoms with Crippen LogP contribution < -0.4 is 5.32 Å². The summed E-state index contributed by atoms with van der Waals surface area (Å²) < 4.78 is 0. The average molecular weight is 442 g/mol. The normalized spacial score (nSPS) is 25.5. The number of carboxylic acids is 2. The second kappa shape index (κ2) is 7.92. The fourth-order valence-corrected chi connectivity index (χ4v) is 6.16. The predicted molar refractivity (Wildman–Crippen MR) is 120 cm³/mol. The van der Waals surface area contributed by atoms with Crippen LogP contribution in [-0.2, 0) is 14.4 Å². The van der Waals surface area contributed by atoms with E-state index in [1.807, 2.05) is 6.07 Å². The molecule has 1 saturated carbocycles. The van der Waals surface area contributed by atoms with Gasteiger partial charge in [0.1, 0.15) is 6.04 Å². The summed E-state index contributed by atoms with van der Waals surface area (Å²) in [6.07, 6.45) is 4.54. The van der Waals surface area contributed by atoms with Crippen LogP contribution in [0.2, 0.25) is 0 Å². The molecular formula is C24H31N3O5. The molecule has 1 amide bonds. The zero-order chi connectivity index (χ0) is 23.3. The number of hydrogen-bond donors (Lipinski definition) is 4. The number of amides is 1. The molecule has 32 heavy (non-hydrogen) atoms. The largest absolute Gasteiger partial charge is 0.481 e. The number of anilines is 1. The van der Waals surface area contributed by atoms with Crippen molar-refractivity contribution in [1.29, 1.82) is 0 Å². The Morgan fingerprint density at radius 3 is 2.62 bits per heavy atom. The van der Waals surface area contributed by atoms with Crippen molar-refractivity contribution in [3.05, 3.63) is 30.0 Å². The van der Waals surface area contributed by atoms with Crippen molar-refractivity contribution in [2.45, 2.75) is 65.0 Å². The lowest BCUT2D eigenvalue weighted by atomic mass is 9.65. The number of fused-ring (bicyclic) bond motifs is 3.